The first-order valence-electron chi connectivity index (χ1n) is 12.0. The Balaban J connectivity index is 1.27. The van der Waals surface area contributed by atoms with Crippen LogP contribution in [-0.4, -0.2) is 87.7 Å². The Kier molecular flexibility index (Phi) is 16.2. The second kappa shape index (κ2) is 19.3. The van der Waals surface area contributed by atoms with Gasteiger partial charge in [-0.2, -0.15) is 8.42 Å². The normalized spacial score (nSPS) is 11.7. The van der Waals surface area contributed by atoms with Gasteiger partial charge >= 0.3 is 0 Å². The highest BCUT2D eigenvalue weighted by molar-refractivity contribution is 7.86. The van der Waals surface area contributed by atoms with Crippen LogP contribution < -0.4 is 0 Å². The van der Waals surface area contributed by atoms with Gasteiger partial charge in [-0.1, -0.05) is 48.0 Å². The lowest BCUT2D eigenvalue weighted by Crippen LogP contribution is -2.15. The van der Waals surface area contributed by atoms with Gasteiger partial charge in [-0.15, -0.1) is 0 Å². The van der Waals surface area contributed by atoms with Gasteiger partial charge in [0.1, 0.15) is 0 Å². The molecule has 2 rings (SSSR count). The van der Waals surface area contributed by atoms with E-state index in [2.05, 4.69) is 0 Å². The molecule has 0 N–H and O–H groups in total. The smallest absolute Gasteiger partial charge is 0.297 e. The molecule has 0 aliphatic heterocycles. The van der Waals surface area contributed by atoms with Crippen molar-refractivity contribution in [2.24, 2.45) is 0 Å². The highest BCUT2D eigenvalue weighted by atomic mass is 32.2. The zero-order chi connectivity index (χ0) is 25.7. The van der Waals surface area contributed by atoms with Gasteiger partial charge < -0.3 is 28.4 Å². The van der Waals surface area contributed by atoms with Gasteiger partial charge in [-0.05, 0) is 24.6 Å². The molecule has 202 valence electrons. The Morgan fingerprint density at radius 3 is 1.42 bits per heavy atom. The first-order valence-corrected chi connectivity index (χ1v) is 13.5. The number of ether oxygens (including phenoxy) is 6. The Hall–Kier alpha value is -1.89. The summed E-state index contributed by atoms with van der Waals surface area (Å²) in [4.78, 5) is 0.135. The molecule has 0 aliphatic carbocycles. The summed E-state index contributed by atoms with van der Waals surface area (Å²) < 4.78 is 61.6. The van der Waals surface area contributed by atoms with Crippen molar-refractivity contribution >= 4 is 10.1 Å². The Morgan fingerprint density at radius 1 is 0.528 bits per heavy atom. The summed E-state index contributed by atoms with van der Waals surface area (Å²) in [5.74, 6) is 0. The van der Waals surface area contributed by atoms with Crippen LogP contribution >= 0.6 is 0 Å². The molecule has 0 heterocycles. The molecular weight excluding hydrogens is 488 g/mol. The first-order chi connectivity index (χ1) is 17.6. The lowest BCUT2D eigenvalue weighted by atomic mass is 10.2. The molecule has 0 radical (unpaired) electrons. The Morgan fingerprint density at radius 2 is 0.944 bits per heavy atom. The summed E-state index contributed by atoms with van der Waals surface area (Å²) in [5.41, 5.74) is 2.13. The fraction of sp³-hybridized carbons (Fsp3) is 0.538. The quantitative estimate of drug-likeness (QED) is 0.169. The topological polar surface area (TPSA) is 98.8 Å². The molecular formula is C26H38O9S. The standard InChI is InChI=1S/C26H38O9S/c1-24-7-9-26(10-8-24)36(27,28)35-22-21-33-18-17-31-14-13-29-11-12-30-15-16-32-19-20-34-23-25-5-3-2-4-6-25/h2-10H,11-23H2,1H3. The second-order valence-electron chi connectivity index (χ2n) is 7.69. The fourth-order valence-electron chi connectivity index (χ4n) is 2.84. The molecule has 0 saturated heterocycles. The lowest BCUT2D eigenvalue weighted by molar-refractivity contribution is -0.0186. The van der Waals surface area contributed by atoms with E-state index in [0.29, 0.717) is 72.7 Å². The minimum atomic E-state index is -3.76. The molecule has 0 bridgehead atoms. The third-order valence-electron chi connectivity index (χ3n) is 4.75. The van der Waals surface area contributed by atoms with Crippen molar-refractivity contribution in [3.8, 4) is 0 Å². The van der Waals surface area contributed by atoms with Crippen molar-refractivity contribution in [2.75, 3.05) is 79.3 Å². The first kappa shape index (κ1) is 30.3. The average molecular weight is 527 g/mol. The van der Waals surface area contributed by atoms with E-state index in [4.69, 9.17) is 32.6 Å². The molecule has 0 unspecified atom stereocenters. The molecule has 36 heavy (non-hydrogen) atoms. The van der Waals surface area contributed by atoms with Crippen LogP contribution in [0.3, 0.4) is 0 Å². The van der Waals surface area contributed by atoms with Crippen LogP contribution in [0.1, 0.15) is 11.1 Å². The SMILES string of the molecule is Cc1ccc(S(=O)(=O)OCCOCCOCCOCCOCCOCCOCc2ccccc2)cc1. The summed E-state index contributed by atoms with van der Waals surface area (Å²) in [5, 5.41) is 0. The maximum Gasteiger partial charge on any atom is 0.297 e. The van der Waals surface area contributed by atoms with Gasteiger partial charge in [0.2, 0.25) is 0 Å². The molecule has 0 amide bonds. The molecule has 0 fully saturated rings. The zero-order valence-corrected chi connectivity index (χ0v) is 21.8. The molecule has 9 nitrogen and oxygen atoms in total. The van der Waals surface area contributed by atoms with Crippen LogP contribution in [0.5, 0.6) is 0 Å². The van der Waals surface area contributed by atoms with Crippen molar-refractivity contribution in [3.05, 3.63) is 65.7 Å². The zero-order valence-electron chi connectivity index (χ0n) is 21.0. The maximum absolute atomic E-state index is 12.0. The van der Waals surface area contributed by atoms with E-state index in [1.54, 1.807) is 12.1 Å². The van der Waals surface area contributed by atoms with Crippen molar-refractivity contribution in [1.29, 1.82) is 0 Å². The molecule has 0 atom stereocenters. The molecule has 2 aromatic carbocycles. The van der Waals surface area contributed by atoms with Crippen LogP contribution in [0, 0.1) is 6.92 Å². The van der Waals surface area contributed by atoms with Crippen LogP contribution in [-0.2, 0) is 49.3 Å². The minimum absolute atomic E-state index is 0.0492. The van der Waals surface area contributed by atoms with E-state index in [-0.39, 0.29) is 18.1 Å². The Labute approximate surface area is 214 Å². The molecule has 0 saturated carbocycles. The molecule has 0 spiro atoms. The van der Waals surface area contributed by atoms with E-state index in [1.807, 2.05) is 37.3 Å². The van der Waals surface area contributed by atoms with Crippen molar-refractivity contribution in [1.82, 2.24) is 0 Å². The summed E-state index contributed by atoms with van der Waals surface area (Å²) in [6.45, 7) is 7.28. The van der Waals surface area contributed by atoms with E-state index in [9.17, 15) is 8.42 Å². The molecule has 2 aromatic rings. The molecule has 0 aromatic heterocycles. The third-order valence-corrected chi connectivity index (χ3v) is 6.07. The Bertz CT molecular complexity index is 889. The van der Waals surface area contributed by atoms with Crippen LogP contribution in [0.25, 0.3) is 0 Å². The molecule has 0 aliphatic rings. The van der Waals surface area contributed by atoms with E-state index < -0.39 is 10.1 Å². The van der Waals surface area contributed by atoms with Gasteiger partial charge in [0.05, 0.1) is 90.8 Å². The number of benzene rings is 2. The number of hydrogen-bond acceptors (Lipinski definition) is 9. The number of hydrogen-bond donors (Lipinski definition) is 0. The predicted molar refractivity (Wildman–Crippen MR) is 135 cm³/mol. The van der Waals surface area contributed by atoms with Crippen molar-refractivity contribution < 1.29 is 41.0 Å². The van der Waals surface area contributed by atoms with Crippen LogP contribution in [0.2, 0.25) is 0 Å². The molecule has 10 heteroatoms. The minimum Gasteiger partial charge on any atom is -0.377 e. The van der Waals surface area contributed by atoms with Crippen molar-refractivity contribution in [2.45, 2.75) is 18.4 Å². The lowest BCUT2D eigenvalue weighted by Gasteiger charge is -2.09. The van der Waals surface area contributed by atoms with Crippen molar-refractivity contribution in [3.63, 3.8) is 0 Å². The highest BCUT2D eigenvalue weighted by Gasteiger charge is 2.14. The third kappa shape index (κ3) is 14.6. The van der Waals surface area contributed by atoms with Gasteiger partial charge in [0, 0.05) is 0 Å². The van der Waals surface area contributed by atoms with Crippen LogP contribution in [0.15, 0.2) is 59.5 Å². The summed E-state index contributed by atoms with van der Waals surface area (Å²) in [6.07, 6.45) is 0. The van der Waals surface area contributed by atoms with E-state index >= 15 is 0 Å². The van der Waals surface area contributed by atoms with Crippen LogP contribution in [0.4, 0.5) is 0 Å². The largest absolute Gasteiger partial charge is 0.377 e. The number of rotatable bonds is 22. The van der Waals surface area contributed by atoms with Gasteiger partial charge in [0.25, 0.3) is 10.1 Å². The van der Waals surface area contributed by atoms with Gasteiger partial charge in [0.15, 0.2) is 0 Å². The second-order valence-corrected chi connectivity index (χ2v) is 9.30. The summed E-state index contributed by atoms with van der Waals surface area (Å²) in [7, 11) is -3.76. The summed E-state index contributed by atoms with van der Waals surface area (Å²) >= 11 is 0. The number of aryl methyl sites for hydroxylation is 1. The maximum atomic E-state index is 12.0. The van der Waals surface area contributed by atoms with Gasteiger partial charge in [-0.3, -0.25) is 4.18 Å². The highest BCUT2D eigenvalue weighted by Crippen LogP contribution is 2.12. The fourth-order valence-corrected chi connectivity index (χ4v) is 3.73. The average Bonchev–Trinajstić information content (AvgIpc) is 2.88. The van der Waals surface area contributed by atoms with E-state index in [1.165, 1.54) is 12.1 Å². The predicted octanol–water partition coefficient (Wildman–Crippen LogP) is 3.00. The van der Waals surface area contributed by atoms with E-state index in [0.717, 1.165) is 11.1 Å². The van der Waals surface area contributed by atoms with Gasteiger partial charge in [-0.25, -0.2) is 0 Å². The monoisotopic (exact) mass is 526 g/mol. The summed E-state index contributed by atoms with van der Waals surface area (Å²) in [6, 6.07) is 16.5.